The Labute approximate surface area is 201 Å². The van der Waals surface area contributed by atoms with Gasteiger partial charge in [0.2, 0.25) is 0 Å². The molecule has 0 bridgehead atoms. The summed E-state index contributed by atoms with van der Waals surface area (Å²) in [7, 11) is 0. The Bertz CT molecular complexity index is 415. The van der Waals surface area contributed by atoms with Crippen LogP contribution in [0.2, 0.25) is 0 Å². The molecule has 10 nitrogen and oxygen atoms in total. The summed E-state index contributed by atoms with van der Waals surface area (Å²) in [6, 6.07) is -0.199. The molecule has 10 heteroatoms. The van der Waals surface area contributed by atoms with Gasteiger partial charge in [-0.05, 0) is 41.5 Å². The Kier molecular flexibility index (Phi) is 18.6. The van der Waals surface area contributed by atoms with Crippen LogP contribution in [0.5, 0.6) is 0 Å². The van der Waals surface area contributed by atoms with E-state index in [2.05, 4.69) is 0 Å². The first-order chi connectivity index (χ1) is 15.5. The van der Waals surface area contributed by atoms with Crippen LogP contribution in [0.25, 0.3) is 0 Å². The van der Waals surface area contributed by atoms with Crippen LogP contribution in [0.15, 0.2) is 0 Å². The molecule has 0 aliphatic carbocycles. The summed E-state index contributed by atoms with van der Waals surface area (Å²) >= 11 is 0. The van der Waals surface area contributed by atoms with Gasteiger partial charge in [-0.3, -0.25) is 0 Å². The topological polar surface area (TPSA) is 159 Å². The highest BCUT2D eigenvalue weighted by Crippen LogP contribution is 2.22. The number of hydrogen-bond acceptors (Lipinski definition) is 10. The summed E-state index contributed by atoms with van der Waals surface area (Å²) < 4.78 is 35.3. The van der Waals surface area contributed by atoms with E-state index in [0.717, 1.165) is 0 Å². The van der Waals surface area contributed by atoms with E-state index in [4.69, 9.17) is 51.4 Å². The molecule has 6 unspecified atom stereocenters. The molecular weight excluding hydrogens is 428 g/mol. The molecule has 6 atom stereocenters. The van der Waals surface area contributed by atoms with Gasteiger partial charge in [-0.25, -0.2) is 0 Å². The second-order valence-electron chi connectivity index (χ2n) is 9.76. The van der Waals surface area contributed by atoms with E-state index < -0.39 is 5.41 Å². The third kappa shape index (κ3) is 19.6. The van der Waals surface area contributed by atoms with Gasteiger partial charge < -0.3 is 51.4 Å². The first-order valence-electron chi connectivity index (χ1n) is 12.0. The first kappa shape index (κ1) is 32.6. The van der Waals surface area contributed by atoms with Gasteiger partial charge in [0.15, 0.2) is 0 Å². The lowest BCUT2D eigenvalue weighted by atomic mass is 9.92. The van der Waals surface area contributed by atoms with Crippen molar-refractivity contribution >= 4 is 0 Å². The van der Waals surface area contributed by atoms with E-state index >= 15 is 0 Å². The molecule has 0 saturated heterocycles. The fraction of sp³-hybridized carbons (Fsp3) is 1.00. The monoisotopic (exact) mass is 480 g/mol. The third-order valence-electron chi connectivity index (χ3n) is 4.39. The zero-order chi connectivity index (χ0) is 25.3. The van der Waals surface area contributed by atoms with Crippen LogP contribution in [0, 0.1) is 5.41 Å². The summed E-state index contributed by atoms with van der Waals surface area (Å²) in [5, 5.41) is 0. The quantitative estimate of drug-likeness (QED) is 0.169. The molecule has 8 N–H and O–H groups in total. The smallest absolute Gasteiger partial charge is 0.0781 e. The average molecular weight is 481 g/mol. The molecule has 0 heterocycles. The van der Waals surface area contributed by atoms with Crippen molar-refractivity contribution in [3.63, 3.8) is 0 Å². The van der Waals surface area contributed by atoms with Crippen LogP contribution in [0.1, 0.15) is 41.5 Å². The van der Waals surface area contributed by atoms with E-state index in [1.807, 2.05) is 41.5 Å². The van der Waals surface area contributed by atoms with E-state index in [0.29, 0.717) is 66.1 Å². The second-order valence-corrected chi connectivity index (χ2v) is 9.76. The van der Waals surface area contributed by atoms with Crippen molar-refractivity contribution in [3.05, 3.63) is 0 Å². The van der Waals surface area contributed by atoms with Crippen molar-refractivity contribution in [2.45, 2.75) is 77.9 Å². The van der Waals surface area contributed by atoms with Crippen LogP contribution >= 0.6 is 0 Å². The Morgan fingerprint density at radius 3 is 1.00 bits per heavy atom. The van der Waals surface area contributed by atoms with Gasteiger partial charge in [0, 0.05) is 24.2 Å². The van der Waals surface area contributed by atoms with Crippen LogP contribution in [0.3, 0.4) is 0 Å². The summed E-state index contributed by atoms with van der Waals surface area (Å²) in [5.41, 5.74) is 22.7. The maximum atomic E-state index is 6.03. The Balaban J connectivity index is 5.04. The van der Waals surface area contributed by atoms with Gasteiger partial charge in [-0.15, -0.1) is 0 Å². The van der Waals surface area contributed by atoms with E-state index in [1.54, 1.807) is 0 Å². The molecule has 0 amide bonds. The normalized spacial score (nSPS) is 19.5. The van der Waals surface area contributed by atoms with E-state index in [-0.39, 0.29) is 36.4 Å². The summed E-state index contributed by atoms with van der Waals surface area (Å²) in [4.78, 5) is 0. The minimum Gasteiger partial charge on any atom is -0.379 e. The van der Waals surface area contributed by atoms with Gasteiger partial charge in [0.1, 0.15) is 0 Å². The average Bonchev–Trinajstić information content (AvgIpc) is 2.70. The molecule has 0 fully saturated rings. The van der Waals surface area contributed by atoms with E-state index in [9.17, 15) is 0 Å². The fourth-order valence-electron chi connectivity index (χ4n) is 2.78. The lowest BCUT2D eigenvalue weighted by Crippen LogP contribution is -2.44. The van der Waals surface area contributed by atoms with Gasteiger partial charge in [0.25, 0.3) is 0 Å². The molecule has 0 radical (unpaired) electrons. The molecule has 33 heavy (non-hydrogen) atoms. The van der Waals surface area contributed by atoms with Crippen LogP contribution < -0.4 is 22.9 Å². The lowest BCUT2D eigenvalue weighted by molar-refractivity contribution is -0.127. The molecule has 0 aromatic heterocycles. The second kappa shape index (κ2) is 18.9. The predicted octanol–water partition coefficient (Wildman–Crippen LogP) is 0.238. The lowest BCUT2D eigenvalue weighted by Gasteiger charge is -2.34. The molecule has 0 spiro atoms. The van der Waals surface area contributed by atoms with Gasteiger partial charge >= 0.3 is 0 Å². The minimum absolute atomic E-state index is 0.0234. The molecule has 0 rings (SSSR count). The number of nitrogens with two attached hydrogens (primary N) is 4. The van der Waals surface area contributed by atoms with Crippen LogP contribution in [-0.4, -0.2) is 102 Å². The molecule has 0 aliphatic rings. The van der Waals surface area contributed by atoms with Crippen molar-refractivity contribution < 1.29 is 28.4 Å². The SMILES string of the molecule is CC(N)COCC(COCC(C)N)(COCC(C)OCC(C)N)COCC(C)OCC(C)N. The highest BCUT2D eigenvalue weighted by atomic mass is 16.6. The molecule has 0 saturated carbocycles. The van der Waals surface area contributed by atoms with Gasteiger partial charge in [0.05, 0.1) is 83.7 Å². The van der Waals surface area contributed by atoms with Crippen molar-refractivity contribution in [2.24, 2.45) is 28.3 Å². The van der Waals surface area contributed by atoms with Crippen molar-refractivity contribution in [1.82, 2.24) is 0 Å². The van der Waals surface area contributed by atoms with Crippen molar-refractivity contribution in [1.29, 1.82) is 0 Å². The highest BCUT2D eigenvalue weighted by molar-refractivity contribution is 4.80. The predicted molar refractivity (Wildman–Crippen MR) is 131 cm³/mol. The molecule has 0 aliphatic heterocycles. The molecule has 0 aromatic rings. The molecule has 200 valence electrons. The number of ether oxygens (including phenoxy) is 6. The number of rotatable bonds is 22. The minimum atomic E-state index is -0.536. The Morgan fingerprint density at radius 1 is 0.455 bits per heavy atom. The Morgan fingerprint density at radius 2 is 0.727 bits per heavy atom. The zero-order valence-corrected chi connectivity index (χ0v) is 21.8. The zero-order valence-electron chi connectivity index (χ0n) is 21.8. The van der Waals surface area contributed by atoms with E-state index in [1.165, 1.54) is 0 Å². The summed E-state index contributed by atoms with van der Waals surface area (Å²) in [5.74, 6) is 0. The maximum absolute atomic E-state index is 6.03. The largest absolute Gasteiger partial charge is 0.379 e. The standard InChI is InChI=1S/C23H52N4O6/c1-17(24)7-28-13-23(14-29-8-18(2)25,15-30-11-21(5)32-9-19(3)26)16-31-12-22(6)33-10-20(4)27/h17-22H,7-16,24-27H2,1-6H3. The number of hydrogen-bond donors (Lipinski definition) is 4. The van der Waals surface area contributed by atoms with Crippen LogP contribution in [0.4, 0.5) is 0 Å². The van der Waals surface area contributed by atoms with Crippen LogP contribution in [-0.2, 0) is 28.4 Å². The van der Waals surface area contributed by atoms with Crippen molar-refractivity contribution in [2.75, 3.05) is 66.1 Å². The van der Waals surface area contributed by atoms with Gasteiger partial charge in [-0.2, -0.15) is 0 Å². The Hall–Kier alpha value is -0.400. The highest BCUT2D eigenvalue weighted by Gasteiger charge is 2.33. The fourth-order valence-corrected chi connectivity index (χ4v) is 2.78. The summed E-state index contributed by atoms with van der Waals surface area (Å²) in [6.07, 6.45) is -0.174. The molecule has 0 aromatic carbocycles. The molecular formula is C23H52N4O6. The maximum Gasteiger partial charge on any atom is 0.0781 e. The first-order valence-corrected chi connectivity index (χ1v) is 12.0. The summed E-state index contributed by atoms with van der Waals surface area (Å²) in [6.45, 7) is 15.6. The van der Waals surface area contributed by atoms with Crippen molar-refractivity contribution in [3.8, 4) is 0 Å². The third-order valence-corrected chi connectivity index (χ3v) is 4.39. The van der Waals surface area contributed by atoms with Gasteiger partial charge in [-0.1, -0.05) is 0 Å².